The molecule has 4 heteroatoms. The van der Waals surface area contributed by atoms with Crippen molar-refractivity contribution in [2.24, 2.45) is 11.7 Å². The molecule has 2 aromatic carbocycles. The van der Waals surface area contributed by atoms with Gasteiger partial charge in [-0.1, -0.05) is 60.7 Å². The van der Waals surface area contributed by atoms with Crippen LogP contribution in [0.1, 0.15) is 36.8 Å². The summed E-state index contributed by atoms with van der Waals surface area (Å²) in [7, 11) is 0. The summed E-state index contributed by atoms with van der Waals surface area (Å²) in [6.45, 7) is 3.68. The summed E-state index contributed by atoms with van der Waals surface area (Å²) in [5, 5.41) is 0. The van der Waals surface area contributed by atoms with Crippen LogP contribution in [-0.4, -0.2) is 29.9 Å². The highest BCUT2D eigenvalue weighted by atomic mass is 35.5. The van der Waals surface area contributed by atoms with E-state index in [1.54, 1.807) is 0 Å². The monoisotopic (exact) mass is 358 g/mol. The van der Waals surface area contributed by atoms with Crippen LogP contribution in [-0.2, 0) is 4.79 Å². The predicted molar refractivity (Wildman–Crippen MR) is 105 cm³/mol. The van der Waals surface area contributed by atoms with Crippen LogP contribution in [0.15, 0.2) is 60.7 Å². The van der Waals surface area contributed by atoms with Crippen LogP contribution in [0.3, 0.4) is 0 Å². The quantitative estimate of drug-likeness (QED) is 0.902. The first-order chi connectivity index (χ1) is 11.7. The van der Waals surface area contributed by atoms with Gasteiger partial charge in [-0.2, -0.15) is 0 Å². The van der Waals surface area contributed by atoms with Gasteiger partial charge in [-0.3, -0.25) is 4.79 Å². The van der Waals surface area contributed by atoms with Gasteiger partial charge in [-0.15, -0.1) is 12.4 Å². The van der Waals surface area contributed by atoms with Crippen LogP contribution in [0.2, 0.25) is 0 Å². The summed E-state index contributed by atoms with van der Waals surface area (Å²) in [4.78, 5) is 15.3. The Kier molecular flexibility index (Phi) is 7.03. The Morgan fingerprint density at radius 3 is 1.80 bits per heavy atom. The molecular formula is C21H27ClN2O. The molecule has 1 fully saturated rings. The number of carbonyl (C=O) groups is 1. The molecule has 134 valence electrons. The summed E-state index contributed by atoms with van der Waals surface area (Å²) in [6.07, 6.45) is 2.00. The third-order valence-corrected chi connectivity index (χ3v) is 5.11. The van der Waals surface area contributed by atoms with Crippen molar-refractivity contribution in [1.29, 1.82) is 0 Å². The van der Waals surface area contributed by atoms with Crippen molar-refractivity contribution in [3.63, 3.8) is 0 Å². The molecule has 3 rings (SSSR count). The number of rotatable bonds is 4. The Morgan fingerprint density at radius 1 is 0.960 bits per heavy atom. The molecular weight excluding hydrogens is 332 g/mol. The maximum absolute atomic E-state index is 13.3. The fourth-order valence-electron chi connectivity index (χ4n) is 3.60. The van der Waals surface area contributed by atoms with Crippen molar-refractivity contribution in [1.82, 2.24) is 4.90 Å². The summed E-state index contributed by atoms with van der Waals surface area (Å²) < 4.78 is 0. The first-order valence-corrected chi connectivity index (χ1v) is 8.81. The van der Waals surface area contributed by atoms with E-state index in [2.05, 4.69) is 6.92 Å². The average molecular weight is 359 g/mol. The highest BCUT2D eigenvalue weighted by Gasteiger charge is 2.31. The number of amides is 1. The molecule has 0 spiro atoms. The third kappa shape index (κ3) is 4.62. The van der Waals surface area contributed by atoms with Crippen molar-refractivity contribution < 1.29 is 4.79 Å². The molecule has 0 aromatic heterocycles. The van der Waals surface area contributed by atoms with E-state index in [-0.39, 0.29) is 30.3 Å². The van der Waals surface area contributed by atoms with Crippen LogP contribution >= 0.6 is 12.4 Å². The molecule has 1 amide bonds. The Hall–Kier alpha value is -1.84. The molecule has 0 radical (unpaired) electrons. The van der Waals surface area contributed by atoms with Crippen molar-refractivity contribution in [2.75, 3.05) is 13.1 Å². The van der Waals surface area contributed by atoms with E-state index in [9.17, 15) is 4.79 Å². The fourth-order valence-corrected chi connectivity index (χ4v) is 3.60. The number of nitrogens with two attached hydrogens (primary N) is 1. The predicted octanol–water partition coefficient (Wildman–Crippen LogP) is 3.83. The van der Waals surface area contributed by atoms with Gasteiger partial charge in [-0.25, -0.2) is 0 Å². The second-order valence-electron chi connectivity index (χ2n) is 6.78. The Bertz CT molecular complexity index is 613. The molecule has 2 aromatic rings. The number of likely N-dealkylation sites (tertiary alicyclic amines) is 1. The minimum atomic E-state index is -0.223. The molecule has 3 nitrogen and oxygen atoms in total. The minimum absolute atomic E-state index is 0. The van der Waals surface area contributed by atoms with Gasteiger partial charge in [0.15, 0.2) is 0 Å². The number of hydrogen-bond donors (Lipinski definition) is 1. The lowest BCUT2D eigenvalue weighted by molar-refractivity contribution is -0.133. The van der Waals surface area contributed by atoms with Gasteiger partial charge in [0, 0.05) is 19.1 Å². The second kappa shape index (κ2) is 9.02. The van der Waals surface area contributed by atoms with Crippen LogP contribution in [0.5, 0.6) is 0 Å². The van der Waals surface area contributed by atoms with Gasteiger partial charge in [0.2, 0.25) is 5.91 Å². The first kappa shape index (κ1) is 19.5. The molecule has 1 atom stereocenters. The maximum Gasteiger partial charge on any atom is 0.234 e. The van der Waals surface area contributed by atoms with Gasteiger partial charge >= 0.3 is 0 Å². The highest BCUT2D eigenvalue weighted by Crippen LogP contribution is 2.29. The Labute approximate surface area is 156 Å². The topological polar surface area (TPSA) is 46.3 Å². The average Bonchev–Trinajstić information content (AvgIpc) is 2.64. The van der Waals surface area contributed by atoms with E-state index in [1.165, 1.54) is 0 Å². The zero-order valence-electron chi connectivity index (χ0n) is 14.7. The second-order valence-corrected chi connectivity index (χ2v) is 6.78. The molecule has 25 heavy (non-hydrogen) atoms. The zero-order valence-corrected chi connectivity index (χ0v) is 15.5. The molecule has 1 aliphatic rings. The van der Waals surface area contributed by atoms with Crippen LogP contribution in [0.4, 0.5) is 0 Å². The molecule has 1 unspecified atom stereocenters. The highest BCUT2D eigenvalue weighted by molar-refractivity contribution is 5.87. The Balaban J connectivity index is 0.00000225. The maximum atomic E-state index is 13.3. The summed E-state index contributed by atoms with van der Waals surface area (Å²) in [6, 6.07) is 20.4. The lowest BCUT2D eigenvalue weighted by atomic mass is 9.87. The van der Waals surface area contributed by atoms with E-state index in [4.69, 9.17) is 5.73 Å². The summed E-state index contributed by atoms with van der Waals surface area (Å²) >= 11 is 0. The summed E-state index contributed by atoms with van der Waals surface area (Å²) in [5.41, 5.74) is 8.14. The van der Waals surface area contributed by atoms with Crippen molar-refractivity contribution in [3.05, 3.63) is 71.8 Å². The van der Waals surface area contributed by atoms with Gasteiger partial charge in [0.05, 0.1) is 5.92 Å². The SMILES string of the molecule is CC(N)C1CCN(C(=O)C(c2ccccc2)c2ccccc2)CC1.Cl. The van der Waals surface area contributed by atoms with Crippen molar-refractivity contribution in [3.8, 4) is 0 Å². The van der Waals surface area contributed by atoms with Crippen LogP contribution in [0.25, 0.3) is 0 Å². The molecule has 0 bridgehead atoms. The van der Waals surface area contributed by atoms with Crippen molar-refractivity contribution in [2.45, 2.75) is 31.7 Å². The standard InChI is InChI=1S/C21H26N2O.ClH/c1-16(22)17-12-14-23(15-13-17)21(24)20(18-8-4-2-5-9-18)19-10-6-3-7-11-19;/h2-11,16-17,20H,12-15,22H2,1H3;1H. The Morgan fingerprint density at radius 2 is 1.40 bits per heavy atom. The number of piperidine rings is 1. The number of nitrogens with zero attached hydrogens (tertiary/aromatic N) is 1. The zero-order chi connectivity index (χ0) is 16.9. The van der Waals surface area contributed by atoms with E-state index in [1.807, 2.05) is 65.6 Å². The van der Waals surface area contributed by atoms with Crippen LogP contribution < -0.4 is 5.73 Å². The van der Waals surface area contributed by atoms with E-state index in [0.717, 1.165) is 37.1 Å². The molecule has 1 saturated heterocycles. The van der Waals surface area contributed by atoms with Crippen molar-refractivity contribution >= 4 is 18.3 Å². The van der Waals surface area contributed by atoms with Crippen LogP contribution in [0, 0.1) is 5.92 Å². The van der Waals surface area contributed by atoms with Gasteiger partial charge in [-0.05, 0) is 36.8 Å². The van der Waals surface area contributed by atoms with E-state index in [0.29, 0.717) is 5.92 Å². The van der Waals surface area contributed by atoms with Gasteiger partial charge in [0.25, 0.3) is 0 Å². The smallest absolute Gasteiger partial charge is 0.234 e. The number of benzene rings is 2. The number of hydrogen-bond acceptors (Lipinski definition) is 2. The number of carbonyl (C=O) groups excluding carboxylic acids is 1. The van der Waals surface area contributed by atoms with E-state index >= 15 is 0 Å². The molecule has 0 saturated carbocycles. The molecule has 1 aliphatic heterocycles. The van der Waals surface area contributed by atoms with Gasteiger partial charge < -0.3 is 10.6 Å². The molecule has 0 aliphatic carbocycles. The van der Waals surface area contributed by atoms with Gasteiger partial charge in [0.1, 0.15) is 0 Å². The largest absolute Gasteiger partial charge is 0.342 e. The number of halogens is 1. The lowest BCUT2D eigenvalue weighted by Crippen LogP contribution is -2.44. The lowest BCUT2D eigenvalue weighted by Gasteiger charge is -2.36. The molecule has 2 N–H and O–H groups in total. The third-order valence-electron chi connectivity index (χ3n) is 5.11. The normalized spacial score (nSPS) is 16.4. The van der Waals surface area contributed by atoms with E-state index < -0.39 is 0 Å². The minimum Gasteiger partial charge on any atom is -0.342 e. The summed E-state index contributed by atoms with van der Waals surface area (Å²) in [5.74, 6) is 0.510. The fraction of sp³-hybridized carbons (Fsp3) is 0.381. The molecule has 1 heterocycles. The first-order valence-electron chi connectivity index (χ1n) is 8.81.